The molecule has 6 heteroatoms. The van der Waals surface area contributed by atoms with Crippen LogP contribution in [0, 0.1) is 25.7 Å². The SMILES string of the molecule is CCNC(=NCc1ccc(C)cc1C)N1CC(C)C(C(=O)OC)C1.I. The van der Waals surface area contributed by atoms with Crippen LogP contribution in [0.4, 0.5) is 0 Å². The van der Waals surface area contributed by atoms with E-state index >= 15 is 0 Å². The first-order chi connectivity index (χ1) is 11.5. The van der Waals surface area contributed by atoms with Crippen molar-refractivity contribution in [1.29, 1.82) is 0 Å². The van der Waals surface area contributed by atoms with E-state index in [1.807, 2.05) is 0 Å². The highest BCUT2D eigenvalue weighted by molar-refractivity contribution is 14.0. The van der Waals surface area contributed by atoms with Crippen molar-refractivity contribution in [3.8, 4) is 0 Å². The first-order valence-corrected chi connectivity index (χ1v) is 8.63. The highest BCUT2D eigenvalue weighted by Crippen LogP contribution is 2.24. The fourth-order valence-electron chi connectivity index (χ4n) is 3.21. The maximum atomic E-state index is 11.9. The number of likely N-dealkylation sites (tertiary alicyclic amines) is 1. The number of nitrogens with one attached hydrogen (secondary N) is 1. The van der Waals surface area contributed by atoms with Gasteiger partial charge in [-0.05, 0) is 37.8 Å². The van der Waals surface area contributed by atoms with Gasteiger partial charge >= 0.3 is 5.97 Å². The molecule has 1 fully saturated rings. The van der Waals surface area contributed by atoms with Crippen molar-refractivity contribution >= 4 is 35.9 Å². The summed E-state index contributed by atoms with van der Waals surface area (Å²) >= 11 is 0. The van der Waals surface area contributed by atoms with Crippen LogP contribution < -0.4 is 5.32 Å². The Morgan fingerprint density at radius 1 is 1.36 bits per heavy atom. The van der Waals surface area contributed by atoms with Crippen LogP contribution in [-0.2, 0) is 16.1 Å². The summed E-state index contributed by atoms with van der Waals surface area (Å²) < 4.78 is 4.92. The molecule has 25 heavy (non-hydrogen) atoms. The molecule has 1 aromatic carbocycles. The minimum atomic E-state index is -0.129. The number of guanidine groups is 1. The van der Waals surface area contributed by atoms with Gasteiger partial charge in [0.25, 0.3) is 0 Å². The molecule has 1 aliphatic heterocycles. The van der Waals surface area contributed by atoms with Crippen molar-refractivity contribution in [1.82, 2.24) is 10.2 Å². The Labute approximate surface area is 168 Å². The Bertz CT molecular complexity index is 619. The molecule has 1 saturated heterocycles. The number of aryl methyl sites for hydroxylation is 2. The number of halogens is 1. The molecule has 5 nitrogen and oxygen atoms in total. The van der Waals surface area contributed by atoms with Crippen LogP contribution >= 0.6 is 24.0 Å². The Morgan fingerprint density at radius 2 is 2.08 bits per heavy atom. The van der Waals surface area contributed by atoms with Crippen LogP contribution in [0.25, 0.3) is 0 Å². The van der Waals surface area contributed by atoms with Crippen LogP contribution in [0.15, 0.2) is 23.2 Å². The van der Waals surface area contributed by atoms with Gasteiger partial charge in [0.15, 0.2) is 5.96 Å². The average molecular weight is 459 g/mol. The topological polar surface area (TPSA) is 53.9 Å². The molecule has 0 aliphatic carbocycles. The number of rotatable bonds is 4. The number of nitrogens with zero attached hydrogens (tertiary/aromatic N) is 2. The number of aliphatic imine (C=N–C) groups is 1. The van der Waals surface area contributed by atoms with Crippen LogP contribution in [0.2, 0.25) is 0 Å². The van der Waals surface area contributed by atoms with Crippen molar-refractivity contribution in [3.63, 3.8) is 0 Å². The van der Waals surface area contributed by atoms with Crippen LogP contribution in [0.3, 0.4) is 0 Å². The predicted octanol–water partition coefficient (Wildman–Crippen LogP) is 3.13. The Morgan fingerprint density at radius 3 is 2.68 bits per heavy atom. The second-order valence-electron chi connectivity index (χ2n) is 6.61. The number of hydrogen-bond donors (Lipinski definition) is 1. The summed E-state index contributed by atoms with van der Waals surface area (Å²) in [5.41, 5.74) is 3.76. The predicted molar refractivity (Wildman–Crippen MR) is 112 cm³/mol. The van der Waals surface area contributed by atoms with Crippen molar-refractivity contribution in [2.75, 3.05) is 26.7 Å². The molecule has 0 radical (unpaired) electrons. The molecule has 0 bridgehead atoms. The largest absolute Gasteiger partial charge is 0.469 e. The minimum absolute atomic E-state index is 0. The smallest absolute Gasteiger partial charge is 0.310 e. The Hall–Kier alpha value is -1.31. The summed E-state index contributed by atoms with van der Waals surface area (Å²) in [6.45, 7) is 11.3. The zero-order valence-corrected chi connectivity index (χ0v) is 18.2. The number of hydrogen-bond acceptors (Lipinski definition) is 3. The Kier molecular flexibility index (Phi) is 8.68. The monoisotopic (exact) mass is 459 g/mol. The highest BCUT2D eigenvalue weighted by atomic mass is 127. The average Bonchev–Trinajstić information content (AvgIpc) is 2.93. The number of ether oxygens (including phenoxy) is 1. The molecule has 0 aromatic heterocycles. The second kappa shape index (κ2) is 9.99. The summed E-state index contributed by atoms with van der Waals surface area (Å²) in [5, 5.41) is 3.35. The van der Waals surface area contributed by atoms with E-state index in [2.05, 4.69) is 56.1 Å². The van der Waals surface area contributed by atoms with Gasteiger partial charge in [0.05, 0.1) is 19.6 Å². The van der Waals surface area contributed by atoms with Gasteiger partial charge in [0, 0.05) is 19.6 Å². The van der Waals surface area contributed by atoms with Gasteiger partial charge in [-0.3, -0.25) is 4.79 Å². The molecule has 1 aromatic rings. The second-order valence-corrected chi connectivity index (χ2v) is 6.61. The van der Waals surface area contributed by atoms with E-state index in [9.17, 15) is 4.79 Å². The first kappa shape index (κ1) is 21.7. The molecule has 1 heterocycles. The van der Waals surface area contributed by atoms with Crippen molar-refractivity contribution in [3.05, 3.63) is 34.9 Å². The first-order valence-electron chi connectivity index (χ1n) is 8.63. The van der Waals surface area contributed by atoms with Gasteiger partial charge in [0.2, 0.25) is 0 Å². The minimum Gasteiger partial charge on any atom is -0.469 e. The summed E-state index contributed by atoms with van der Waals surface area (Å²) in [6, 6.07) is 6.45. The maximum Gasteiger partial charge on any atom is 0.310 e. The van der Waals surface area contributed by atoms with Crippen molar-refractivity contribution < 1.29 is 9.53 Å². The summed E-state index contributed by atoms with van der Waals surface area (Å²) in [5.74, 6) is 0.924. The third-order valence-electron chi connectivity index (χ3n) is 4.65. The Balaban J connectivity index is 0.00000312. The standard InChI is InChI=1S/C19H29N3O2.HI/c1-6-20-19(21-10-16-8-7-13(2)9-14(16)3)22-11-15(4)17(12-22)18(23)24-5;/h7-9,15,17H,6,10-12H2,1-5H3,(H,20,21);1H. The third kappa shape index (κ3) is 5.59. The van der Waals surface area contributed by atoms with Gasteiger partial charge in [0.1, 0.15) is 0 Å². The van der Waals surface area contributed by atoms with Crippen LogP contribution in [0.5, 0.6) is 0 Å². The number of carbonyl (C=O) groups is 1. The lowest BCUT2D eigenvalue weighted by Gasteiger charge is -2.21. The zero-order chi connectivity index (χ0) is 17.7. The van der Waals surface area contributed by atoms with E-state index < -0.39 is 0 Å². The summed E-state index contributed by atoms with van der Waals surface area (Å²) in [7, 11) is 1.46. The molecule has 2 unspecified atom stereocenters. The molecular formula is C19H30IN3O2. The maximum absolute atomic E-state index is 11.9. The van der Waals surface area contributed by atoms with E-state index in [-0.39, 0.29) is 41.8 Å². The summed E-state index contributed by atoms with van der Waals surface area (Å²) in [4.78, 5) is 18.9. The molecule has 140 valence electrons. The fourth-order valence-corrected chi connectivity index (χ4v) is 3.21. The van der Waals surface area contributed by atoms with E-state index in [0.717, 1.165) is 19.0 Å². The number of carbonyl (C=O) groups excluding carboxylic acids is 1. The van der Waals surface area contributed by atoms with Crippen LogP contribution in [-0.4, -0.2) is 43.6 Å². The molecule has 2 atom stereocenters. The van der Waals surface area contributed by atoms with Gasteiger partial charge < -0.3 is 15.0 Å². The number of esters is 1. The van der Waals surface area contributed by atoms with Crippen molar-refractivity contribution in [2.24, 2.45) is 16.8 Å². The summed E-state index contributed by atoms with van der Waals surface area (Å²) in [6.07, 6.45) is 0. The van der Waals surface area contributed by atoms with Gasteiger partial charge in [-0.25, -0.2) is 4.99 Å². The molecule has 1 N–H and O–H groups in total. The van der Waals surface area contributed by atoms with Crippen molar-refractivity contribution in [2.45, 2.75) is 34.2 Å². The zero-order valence-electron chi connectivity index (χ0n) is 15.8. The lowest BCUT2D eigenvalue weighted by atomic mass is 9.99. The van der Waals surface area contributed by atoms with Gasteiger partial charge in [-0.1, -0.05) is 30.7 Å². The van der Waals surface area contributed by atoms with E-state index in [0.29, 0.717) is 13.1 Å². The molecular weight excluding hydrogens is 429 g/mol. The van der Waals surface area contributed by atoms with E-state index in [4.69, 9.17) is 9.73 Å². The molecule has 0 spiro atoms. The quantitative estimate of drug-likeness (QED) is 0.326. The fraction of sp³-hybridized carbons (Fsp3) is 0.579. The van der Waals surface area contributed by atoms with E-state index in [1.165, 1.54) is 23.8 Å². The molecule has 2 rings (SSSR count). The molecule has 0 amide bonds. The molecule has 0 saturated carbocycles. The van der Waals surface area contributed by atoms with Gasteiger partial charge in [-0.15, -0.1) is 24.0 Å². The lowest BCUT2D eigenvalue weighted by Crippen LogP contribution is -2.40. The number of methoxy groups -OCH3 is 1. The normalized spacial score (nSPS) is 20.2. The number of benzene rings is 1. The van der Waals surface area contributed by atoms with Gasteiger partial charge in [-0.2, -0.15) is 0 Å². The molecule has 1 aliphatic rings. The van der Waals surface area contributed by atoms with E-state index in [1.54, 1.807) is 0 Å². The lowest BCUT2D eigenvalue weighted by molar-refractivity contribution is -0.145. The van der Waals surface area contributed by atoms with Crippen LogP contribution in [0.1, 0.15) is 30.5 Å². The highest BCUT2D eigenvalue weighted by Gasteiger charge is 2.36. The third-order valence-corrected chi connectivity index (χ3v) is 4.65.